The molecule has 112 valence electrons. The van der Waals surface area contributed by atoms with Crippen molar-refractivity contribution in [2.75, 3.05) is 11.9 Å². The van der Waals surface area contributed by atoms with Gasteiger partial charge in [-0.05, 0) is 55.5 Å². The van der Waals surface area contributed by atoms with Crippen LogP contribution < -0.4 is 10.6 Å². The average Bonchev–Trinajstić information content (AvgIpc) is 2.46. The normalized spacial score (nSPS) is 12.2. The van der Waals surface area contributed by atoms with E-state index in [2.05, 4.69) is 68.0 Å². The summed E-state index contributed by atoms with van der Waals surface area (Å²) in [6, 6.07) is 10.9. The molecule has 1 atom stereocenters. The summed E-state index contributed by atoms with van der Waals surface area (Å²) >= 11 is 0. The third-order valence-electron chi connectivity index (χ3n) is 3.84. The molecule has 0 aliphatic carbocycles. The summed E-state index contributed by atoms with van der Waals surface area (Å²) in [5.41, 5.74) is 10.8. The Morgan fingerprint density at radius 3 is 2.62 bits per heavy atom. The number of hydrogen-bond donors (Lipinski definition) is 1. The van der Waals surface area contributed by atoms with Crippen LogP contribution in [0.25, 0.3) is 0 Å². The first-order chi connectivity index (χ1) is 10.0. The fraction of sp³-hybridized carbons (Fsp3) is 0.389. The van der Waals surface area contributed by atoms with E-state index in [0.717, 1.165) is 24.3 Å². The predicted octanol–water partition coefficient (Wildman–Crippen LogP) is 3.75. The summed E-state index contributed by atoms with van der Waals surface area (Å²) in [5, 5.41) is 0. The largest absolute Gasteiger partial charge is 0.329 e. The topological polar surface area (TPSA) is 42.1 Å². The molecule has 3 nitrogen and oxygen atoms in total. The van der Waals surface area contributed by atoms with Crippen molar-refractivity contribution in [1.82, 2.24) is 4.98 Å². The molecular weight excluding hydrogens is 258 g/mol. The first kappa shape index (κ1) is 15.5. The van der Waals surface area contributed by atoms with Gasteiger partial charge in [0.25, 0.3) is 0 Å². The van der Waals surface area contributed by atoms with Gasteiger partial charge >= 0.3 is 0 Å². The van der Waals surface area contributed by atoms with Crippen LogP contribution >= 0.6 is 0 Å². The van der Waals surface area contributed by atoms with E-state index in [9.17, 15) is 0 Å². The predicted molar refractivity (Wildman–Crippen MR) is 90.2 cm³/mol. The van der Waals surface area contributed by atoms with Crippen molar-refractivity contribution in [3.05, 3.63) is 53.2 Å². The average molecular weight is 283 g/mol. The van der Waals surface area contributed by atoms with Gasteiger partial charge in [0.1, 0.15) is 5.82 Å². The van der Waals surface area contributed by atoms with Crippen molar-refractivity contribution in [2.45, 2.75) is 39.7 Å². The molecule has 2 rings (SSSR count). The van der Waals surface area contributed by atoms with Crippen LogP contribution in [0.3, 0.4) is 0 Å². The molecule has 1 aromatic carbocycles. The third-order valence-corrected chi connectivity index (χ3v) is 3.84. The molecular formula is C18H25N3. The smallest absolute Gasteiger partial charge is 0.135 e. The molecule has 0 spiro atoms. The van der Waals surface area contributed by atoms with Gasteiger partial charge in [0.2, 0.25) is 0 Å². The molecule has 0 radical (unpaired) electrons. The maximum Gasteiger partial charge on any atom is 0.135 e. The van der Waals surface area contributed by atoms with E-state index in [-0.39, 0.29) is 6.04 Å². The quantitative estimate of drug-likeness (QED) is 0.908. The highest BCUT2D eigenvalue weighted by Gasteiger charge is 2.10. The standard InChI is InChI=1S/C18H25N3/c1-5-16(19)11-15-10-14(3)18(20-12-15)21(4)17-8-6-7-13(2)9-17/h6-10,12,16H,5,11,19H2,1-4H3. The molecule has 1 unspecified atom stereocenters. The lowest BCUT2D eigenvalue weighted by atomic mass is 10.0. The molecule has 1 heterocycles. The monoisotopic (exact) mass is 283 g/mol. The number of pyridine rings is 1. The molecule has 21 heavy (non-hydrogen) atoms. The number of aryl methyl sites for hydroxylation is 2. The van der Waals surface area contributed by atoms with Crippen LogP contribution in [-0.2, 0) is 6.42 Å². The minimum absolute atomic E-state index is 0.214. The Hall–Kier alpha value is -1.87. The fourth-order valence-electron chi connectivity index (χ4n) is 2.49. The molecule has 3 heteroatoms. The van der Waals surface area contributed by atoms with Gasteiger partial charge in [-0.1, -0.05) is 25.1 Å². The number of aromatic nitrogens is 1. The second-order valence-corrected chi connectivity index (χ2v) is 5.75. The lowest BCUT2D eigenvalue weighted by molar-refractivity contribution is 0.645. The highest BCUT2D eigenvalue weighted by molar-refractivity contribution is 5.62. The summed E-state index contributed by atoms with van der Waals surface area (Å²) in [5.74, 6) is 0.995. The highest BCUT2D eigenvalue weighted by Crippen LogP contribution is 2.25. The van der Waals surface area contributed by atoms with Gasteiger partial charge < -0.3 is 10.6 Å². The number of benzene rings is 1. The van der Waals surface area contributed by atoms with Gasteiger partial charge in [-0.25, -0.2) is 4.98 Å². The molecule has 0 saturated heterocycles. The Morgan fingerprint density at radius 1 is 1.24 bits per heavy atom. The van der Waals surface area contributed by atoms with Gasteiger partial charge in [-0.2, -0.15) is 0 Å². The van der Waals surface area contributed by atoms with Gasteiger partial charge in [-0.15, -0.1) is 0 Å². The van der Waals surface area contributed by atoms with Crippen molar-refractivity contribution in [3.8, 4) is 0 Å². The van der Waals surface area contributed by atoms with Crippen LogP contribution in [0.5, 0.6) is 0 Å². The highest BCUT2D eigenvalue weighted by atomic mass is 15.2. The summed E-state index contributed by atoms with van der Waals surface area (Å²) in [4.78, 5) is 6.77. The van der Waals surface area contributed by atoms with Crippen molar-refractivity contribution in [3.63, 3.8) is 0 Å². The van der Waals surface area contributed by atoms with E-state index >= 15 is 0 Å². The second kappa shape index (κ2) is 6.72. The Balaban J connectivity index is 2.24. The Morgan fingerprint density at radius 2 is 2.00 bits per heavy atom. The van der Waals surface area contributed by atoms with Crippen LogP contribution in [0, 0.1) is 13.8 Å². The van der Waals surface area contributed by atoms with Gasteiger partial charge in [0.15, 0.2) is 0 Å². The second-order valence-electron chi connectivity index (χ2n) is 5.75. The minimum Gasteiger partial charge on any atom is -0.329 e. The van der Waals surface area contributed by atoms with E-state index in [1.54, 1.807) is 0 Å². The van der Waals surface area contributed by atoms with Gasteiger partial charge in [0.05, 0.1) is 0 Å². The van der Waals surface area contributed by atoms with E-state index < -0.39 is 0 Å². The van der Waals surface area contributed by atoms with Crippen LogP contribution in [0.15, 0.2) is 36.5 Å². The van der Waals surface area contributed by atoms with Crippen LogP contribution in [0.4, 0.5) is 11.5 Å². The van der Waals surface area contributed by atoms with E-state index in [1.807, 2.05) is 6.20 Å². The number of rotatable bonds is 5. The maximum absolute atomic E-state index is 6.02. The van der Waals surface area contributed by atoms with Crippen molar-refractivity contribution in [1.29, 1.82) is 0 Å². The Kier molecular flexibility index (Phi) is 4.97. The first-order valence-electron chi connectivity index (χ1n) is 7.52. The molecule has 0 aliphatic heterocycles. The summed E-state index contributed by atoms with van der Waals surface area (Å²) in [6.07, 6.45) is 3.83. The lowest BCUT2D eigenvalue weighted by Crippen LogP contribution is -2.21. The molecule has 0 saturated carbocycles. The number of hydrogen-bond acceptors (Lipinski definition) is 3. The SMILES string of the molecule is CCC(N)Cc1cnc(N(C)c2cccc(C)c2)c(C)c1. The van der Waals surface area contributed by atoms with E-state index in [4.69, 9.17) is 5.73 Å². The number of nitrogens with two attached hydrogens (primary N) is 1. The van der Waals surface area contributed by atoms with Crippen LogP contribution in [0.2, 0.25) is 0 Å². The van der Waals surface area contributed by atoms with E-state index in [1.165, 1.54) is 16.7 Å². The molecule has 0 fully saturated rings. The number of anilines is 2. The summed E-state index contributed by atoms with van der Waals surface area (Å²) in [6.45, 7) is 6.33. The first-order valence-corrected chi connectivity index (χ1v) is 7.52. The Bertz CT molecular complexity index is 607. The zero-order valence-corrected chi connectivity index (χ0v) is 13.4. The van der Waals surface area contributed by atoms with Crippen molar-refractivity contribution >= 4 is 11.5 Å². The van der Waals surface area contributed by atoms with Crippen LogP contribution in [0.1, 0.15) is 30.0 Å². The number of nitrogens with zero attached hydrogens (tertiary/aromatic N) is 2. The van der Waals surface area contributed by atoms with Gasteiger partial charge in [-0.3, -0.25) is 0 Å². The zero-order chi connectivity index (χ0) is 15.4. The molecule has 1 aromatic heterocycles. The molecule has 2 N–H and O–H groups in total. The lowest BCUT2D eigenvalue weighted by Gasteiger charge is -2.21. The van der Waals surface area contributed by atoms with E-state index in [0.29, 0.717) is 0 Å². The Labute approximate surface area is 127 Å². The molecule has 0 aliphatic rings. The fourth-order valence-corrected chi connectivity index (χ4v) is 2.49. The van der Waals surface area contributed by atoms with Crippen LogP contribution in [-0.4, -0.2) is 18.1 Å². The van der Waals surface area contributed by atoms with Crippen molar-refractivity contribution in [2.24, 2.45) is 5.73 Å². The van der Waals surface area contributed by atoms with Crippen molar-refractivity contribution < 1.29 is 0 Å². The summed E-state index contributed by atoms with van der Waals surface area (Å²) in [7, 11) is 2.06. The molecule has 2 aromatic rings. The maximum atomic E-state index is 6.02. The molecule has 0 amide bonds. The zero-order valence-electron chi connectivity index (χ0n) is 13.4. The third kappa shape index (κ3) is 3.82. The minimum atomic E-state index is 0.214. The summed E-state index contributed by atoms with van der Waals surface area (Å²) < 4.78 is 0. The van der Waals surface area contributed by atoms with Gasteiger partial charge in [0, 0.05) is 25.0 Å². The molecule has 0 bridgehead atoms.